The highest BCUT2D eigenvalue weighted by Crippen LogP contribution is 2.18. The number of halogens is 1. The normalized spacial score (nSPS) is 11.9. The number of hydrogen-bond acceptors (Lipinski definition) is 3. The molecule has 0 aliphatic carbocycles. The van der Waals surface area contributed by atoms with E-state index in [9.17, 15) is 9.90 Å². The van der Waals surface area contributed by atoms with Crippen LogP contribution < -0.4 is 0 Å². The van der Waals surface area contributed by atoms with Crippen LogP contribution in [0.2, 0.25) is 0 Å². The fourth-order valence-corrected chi connectivity index (χ4v) is 1.78. The zero-order valence-electron chi connectivity index (χ0n) is 8.24. The van der Waals surface area contributed by atoms with Gasteiger partial charge in [-0.05, 0) is 0 Å². The first-order valence-electron chi connectivity index (χ1n) is 4.32. The Labute approximate surface area is 102 Å². The van der Waals surface area contributed by atoms with Gasteiger partial charge in [-0.25, -0.2) is 4.79 Å². The first-order chi connectivity index (χ1) is 7.20. The van der Waals surface area contributed by atoms with Crippen LogP contribution >= 0.6 is 22.6 Å². The quantitative estimate of drug-likeness (QED) is 0.306. The van der Waals surface area contributed by atoms with E-state index in [0.29, 0.717) is 9.99 Å². The predicted molar refractivity (Wildman–Crippen MR) is 66.9 cm³/mol. The number of esters is 1. The Hall–Kier alpha value is -1.04. The van der Waals surface area contributed by atoms with E-state index < -0.39 is 5.97 Å². The van der Waals surface area contributed by atoms with Gasteiger partial charge in [-0.15, -0.1) is 0 Å². The fraction of sp³-hybridized carbons (Fsp3) is 0.182. The molecule has 0 unspecified atom stereocenters. The van der Waals surface area contributed by atoms with Crippen LogP contribution in [0.1, 0.15) is 5.56 Å². The molecule has 0 atom stereocenters. The van der Waals surface area contributed by atoms with Crippen molar-refractivity contribution < 1.29 is 14.6 Å². The summed E-state index contributed by atoms with van der Waals surface area (Å²) in [5, 5.41) is 9.86. The topological polar surface area (TPSA) is 46.5 Å². The van der Waals surface area contributed by atoms with Crippen LogP contribution in [0.4, 0.5) is 0 Å². The van der Waals surface area contributed by atoms with Gasteiger partial charge in [-0.2, -0.15) is 0 Å². The van der Waals surface area contributed by atoms with Crippen LogP contribution in [-0.2, 0) is 9.53 Å². The zero-order chi connectivity index (χ0) is 11.3. The average molecular weight is 318 g/mol. The number of alkyl halides is 1. The van der Waals surface area contributed by atoms with E-state index in [1.807, 2.05) is 28.7 Å². The third-order valence-electron chi connectivity index (χ3n) is 1.90. The van der Waals surface area contributed by atoms with Gasteiger partial charge in [0.1, 0.15) is 5.76 Å². The third kappa shape index (κ3) is 2.95. The first kappa shape index (κ1) is 12.0. The third-order valence-corrected chi connectivity index (χ3v) is 2.66. The van der Waals surface area contributed by atoms with Crippen molar-refractivity contribution >= 4 is 34.3 Å². The molecule has 4 heteroatoms. The Morgan fingerprint density at radius 3 is 2.47 bits per heavy atom. The molecule has 1 aromatic rings. The Kier molecular flexibility index (Phi) is 4.61. The monoisotopic (exact) mass is 318 g/mol. The Bertz CT molecular complexity index is 371. The maximum absolute atomic E-state index is 11.3. The lowest BCUT2D eigenvalue weighted by atomic mass is 10.1. The molecule has 1 N–H and O–H groups in total. The summed E-state index contributed by atoms with van der Waals surface area (Å²) < 4.78 is 4.99. The minimum atomic E-state index is -0.495. The molecule has 80 valence electrons. The summed E-state index contributed by atoms with van der Waals surface area (Å²) >= 11 is 2.01. The van der Waals surface area contributed by atoms with Crippen molar-refractivity contribution in [3.63, 3.8) is 0 Å². The summed E-state index contributed by atoms with van der Waals surface area (Å²) in [5.74, 6) is -0.511. The maximum atomic E-state index is 11.3. The molecule has 15 heavy (non-hydrogen) atoms. The summed E-state index contributed by atoms with van der Waals surface area (Å²) in [6, 6.07) is 8.93. The highest BCUT2D eigenvalue weighted by atomic mass is 127. The van der Waals surface area contributed by atoms with Crippen LogP contribution in [0.15, 0.2) is 35.9 Å². The van der Waals surface area contributed by atoms with Crippen molar-refractivity contribution in [1.82, 2.24) is 0 Å². The number of rotatable bonds is 3. The molecule has 0 aliphatic rings. The van der Waals surface area contributed by atoms with Crippen molar-refractivity contribution in [3.8, 4) is 0 Å². The van der Waals surface area contributed by atoms with Gasteiger partial charge in [0, 0.05) is 9.99 Å². The van der Waals surface area contributed by atoms with Gasteiger partial charge in [0.05, 0.1) is 12.7 Å². The largest absolute Gasteiger partial charge is 0.507 e. The molecule has 0 heterocycles. The van der Waals surface area contributed by atoms with Crippen molar-refractivity contribution in [3.05, 3.63) is 41.5 Å². The minimum absolute atomic E-state index is 0.0168. The Morgan fingerprint density at radius 2 is 2.00 bits per heavy atom. The van der Waals surface area contributed by atoms with Gasteiger partial charge in [-0.3, -0.25) is 0 Å². The minimum Gasteiger partial charge on any atom is -0.507 e. The molecule has 0 amide bonds. The lowest BCUT2D eigenvalue weighted by molar-refractivity contribution is -0.135. The van der Waals surface area contributed by atoms with E-state index in [1.165, 1.54) is 7.11 Å². The molecule has 3 nitrogen and oxygen atoms in total. The average Bonchev–Trinajstić information content (AvgIpc) is 2.30. The predicted octanol–water partition coefficient (Wildman–Crippen LogP) is 2.56. The van der Waals surface area contributed by atoms with Gasteiger partial charge in [0.2, 0.25) is 0 Å². The Morgan fingerprint density at radius 1 is 1.40 bits per heavy atom. The Balaban J connectivity index is 3.12. The van der Waals surface area contributed by atoms with Gasteiger partial charge >= 0.3 is 5.97 Å². The number of benzene rings is 1. The summed E-state index contributed by atoms with van der Waals surface area (Å²) in [6.45, 7) is 0. The molecule has 1 rings (SSSR count). The molecule has 0 spiro atoms. The molecule has 0 saturated heterocycles. The summed E-state index contributed by atoms with van der Waals surface area (Å²) in [7, 11) is 1.30. The molecule has 1 aromatic carbocycles. The van der Waals surface area contributed by atoms with Crippen LogP contribution in [0, 0.1) is 0 Å². The lowest BCUT2D eigenvalue weighted by Gasteiger charge is -2.06. The first-order valence-corrected chi connectivity index (χ1v) is 5.85. The summed E-state index contributed by atoms with van der Waals surface area (Å²) in [4.78, 5) is 11.3. The van der Waals surface area contributed by atoms with E-state index in [-0.39, 0.29) is 11.3 Å². The van der Waals surface area contributed by atoms with Crippen LogP contribution in [0.3, 0.4) is 0 Å². The number of ether oxygens (including phenoxy) is 1. The zero-order valence-corrected chi connectivity index (χ0v) is 10.4. The number of methoxy groups -OCH3 is 1. The molecule has 0 aliphatic heterocycles. The fourth-order valence-electron chi connectivity index (χ4n) is 1.11. The molecule has 0 saturated carbocycles. The van der Waals surface area contributed by atoms with Crippen LogP contribution in [-0.4, -0.2) is 22.6 Å². The number of aliphatic hydroxyl groups excluding tert-OH is 1. The van der Waals surface area contributed by atoms with Gasteiger partial charge in [0.25, 0.3) is 0 Å². The van der Waals surface area contributed by atoms with E-state index in [4.69, 9.17) is 0 Å². The lowest BCUT2D eigenvalue weighted by Crippen LogP contribution is -2.08. The van der Waals surface area contributed by atoms with Crippen LogP contribution in [0.5, 0.6) is 0 Å². The van der Waals surface area contributed by atoms with Crippen molar-refractivity contribution in [2.75, 3.05) is 11.5 Å². The molecule has 0 bridgehead atoms. The SMILES string of the molecule is COC(=O)/C(CI)=C(/O)c1ccccc1. The van der Waals surface area contributed by atoms with E-state index in [2.05, 4.69) is 4.74 Å². The van der Waals surface area contributed by atoms with Gasteiger partial charge in [0.15, 0.2) is 0 Å². The summed E-state index contributed by atoms with van der Waals surface area (Å²) in [5.41, 5.74) is 0.902. The second-order valence-electron chi connectivity index (χ2n) is 2.82. The summed E-state index contributed by atoms with van der Waals surface area (Å²) in [6.07, 6.45) is 0. The maximum Gasteiger partial charge on any atom is 0.338 e. The van der Waals surface area contributed by atoms with Crippen molar-refractivity contribution in [2.24, 2.45) is 0 Å². The number of hydrogen-bond donors (Lipinski definition) is 1. The van der Waals surface area contributed by atoms with E-state index in [0.717, 1.165) is 0 Å². The van der Waals surface area contributed by atoms with E-state index in [1.54, 1.807) is 24.3 Å². The molecular formula is C11H11IO3. The molecular weight excluding hydrogens is 307 g/mol. The number of carbonyl (C=O) groups is 1. The van der Waals surface area contributed by atoms with Crippen LogP contribution in [0.25, 0.3) is 5.76 Å². The molecule has 0 radical (unpaired) electrons. The number of carbonyl (C=O) groups excluding carboxylic acids is 1. The van der Waals surface area contributed by atoms with Crippen molar-refractivity contribution in [2.45, 2.75) is 0 Å². The van der Waals surface area contributed by atoms with Gasteiger partial charge in [-0.1, -0.05) is 52.9 Å². The smallest absolute Gasteiger partial charge is 0.338 e. The molecule has 0 fully saturated rings. The second-order valence-corrected chi connectivity index (χ2v) is 3.58. The van der Waals surface area contributed by atoms with Crippen molar-refractivity contribution in [1.29, 1.82) is 0 Å². The highest BCUT2D eigenvalue weighted by Gasteiger charge is 2.15. The van der Waals surface area contributed by atoms with E-state index >= 15 is 0 Å². The standard InChI is InChI=1S/C11H11IO3/c1-15-11(14)9(7-12)10(13)8-5-3-2-4-6-8/h2-6,13H,7H2,1H3/b10-9+. The van der Waals surface area contributed by atoms with Gasteiger partial charge < -0.3 is 9.84 Å². The number of aliphatic hydroxyl groups is 1. The molecule has 0 aromatic heterocycles. The highest BCUT2D eigenvalue weighted by molar-refractivity contribution is 14.1. The second kappa shape index (κ2) is 5.75.